The molecule has 2 aliphatic rings. The largest absolute Gasteiger partial charge is 0.481 e. The van der Waals surface area contributed by atoms with E-state index in [0.29, 0.717) is 12.8 Å². The minimum Gasteiger partial charge on any atom is -0.481 e. The van der Waals surface area contributed by atoms with E-state index in [9.17, 15) is 14.7 Å². The monoisotopic (exact) mass is 267 g/mol. The number of carbonyl (C=O) groups excluding carboxylic acids is 1. The summed E-state index contributed by atoms with van der Waals surface area (Å²) >= 11 is 0. The van der Waals surface area contributed by atoms with Crippen molar-refractivity contribution in [2.24, 2.45) is 11.8 Å². The van der Waals surface area contributed by atoms with Crippen LogP contribution in [0.3, 0.4) is 0 Å². The maximum absolute atomic E-state index is 11.9. The van der Waals surface area contributed by atoms with Gasteiger partial charge < -0.3 is 10.4 Å². The standard InChI is InChI=1S/C15H25NO3/c17-14(10-9-11-5-4-6-11)16-13-8-3-1-2-7-12(13)15(18)19/h11-13H,1-10H2,(H,16,17)(H,18,19)/t12-,13+/m1/s1. The van der Waals surface area contributed by atoms with E-state index in [4.69, 9.17) is 0 Å². The van der Waals surface area contributed by atoms with Crippen LogP contribution >= 0.6 is 0 Å². The first-order valence-corrected chi connectivity index (χ1v) is 7.69. The van der Waals surface area contributed by atoms with E-state index < -0.39 is 11.9 Å². The lowest BCUT2D eigenvalue weighted by Gasteiger charge is -2.26. The van der Waals surface area contributed by atoms with Gasteiger partial charge in [0.05, 0.1) is 5.92 Å². The highest BCUT2D eigenvalue weighted by Gasteiger charge is 2.30. The average molecular weight is 267 g/mol. The van der Waals surface area contributed by atoms with Crippen LogP contribution in [0.15, 0.2) is 0 Å². The molecule has 0 aromatic rings. The number of amides is 1. The Bertz CT molecular complexity index is 325. The molecule has 0 unspecified atom stereocenters. The van der Waals surface area contributed by atoms with Gasteiger partial charge in [-0.25, -0.2) is 0 Å². The molecule has 2 fully saturated rings. The van der Waals surface area contributed by atoms with Crippen molar-refractivity contribution in [3.8, 4) is 0 Å². The van der Waals surface area contributed by atoms with Crippen molar-refractivity contribution in [2.75, 3.05) is 0 Å². The van der Waals surface area contributed by atoms with Gasteiger partial charge in [-0.15, -0.1) is 0 Å². The summed E-state index contributed by atoms with van der Waals surface area (Å²) in [4.78, 5) is 23.2. The highest BCUT2D eigenvalue weighted by molar-refractivity contribution is 5.78. The second-order valence-corrected chi connectivity index (χ2v) is 6.09. The zero-order valence-electron chi connectivity index (χ0n) is 11.6. The predicted octanol–water partition coefficient (Wildman–Crippen LogP) is 2.72. The molecule has 2 rings (SSSR count). The molecule has 2 N–H and O–H groups in total. The summed E-state index contributed by atoms with van der Waals surface area (Å²) in [6.07, 6.45) is 9.93. The minimum atomic E-state index is -0.758. The Morgan fingerprint density at radius 2 is 1.74 bits per heavy atom. The minimum absolute atomic E-state index is 0.0463. The number of carbonyl (C=O) groups is 2. The van der Waals surface area contributed by atoms with Crippen molar-refractivity contribution >= 4 is 11.9 Å². The average Bonchev–Trinajstić information content (AvgIpc) is 2.52. The van der Waals surface area contributed by atoms with E-state index in [1.165, 1.54) is 19.3 Å². The van der Waals surface area contributed by atoms with Gasteiger partial charge in [0.25, 0.3) is 0 Å². The Morgan fingerprint density at radius 3 is 2.37 bits per heavy atom. The van der Waals surface area contributed by atoms with Gasteiger partial charge in [0.2, 0.25) is 5.91 Å². The Morgan fingerprint density at radius 1 is 1.00 bits per heavy atom. The third-order valence-electron chi connectivity index (χ3n) is 4.68. The van der Waals surface area contributed by atoms with Gasteiger partial charge in [-0.05, 0) is 25.2 Å². The first kappa shape index (κ1) is 14.4. The normalized spacial score (nSPS) is 28.2. The van der Waals surface area contributed by atoms with Gasteiger partial charge in [0.1, 0.15) is 0 Å². The Balaban J connectivity index is 1.79. The fourth-order valence-electron chi connectivity index (χ4n) is 3.17. The third-order valence-corrected chi connectivity index (χ3v) is 4.68. The van der Waals surface area contributed by atoms with E-state index in [2.05, 4.69) is 5.32 Å². The van der Waals surface area contributed by atoms with Gasteiger partial charge >= 0.3 is 5.97 Å². The SMILES string of the molecule is O=C(CCC1CCC1)N[C@H]1CCCCC[C@H]1C(=O)O. The predicted molar refractivity (Wildman–Crippen MR) is 72.7 cm³/mol. The van der Waals surface area contributed by atoms with Crippen LogP contribution in [-0.4, -0.2) is 23.0 Å². The van der Waals surface area contributed by atoms with Crippen LogP contribution in [0.1, 0.15) is 64.2 Å². The van der Waals surface area contributed by atoms with Crippen molar-refractivity contribution in [1.29, 1.82) is 0 Å². The van der Waals surface area contributed by atoms with Crippen LogP contribution in [0.4, 0.5) is 0 Å². The summed E-state index contributed by atoms with van der Waals surface area (Å²) in [5.41, 5.74) is 0. The lowest BCUT2D eigenvalue weighted by atomic mass is 9.82. The molecule has 0 aromatic heterocycles. The molecule has 0 aliphatic heterocycles. The quantitative estimate of drug-likeness (QED) is 0.753. The second kappa shape index (κ2) is 6.92. The van der Waals surface area contributed by atoms with Crippen LogP contribution in [0.5, 0.6) is 0 Å². The molecule has 0 radical (unpaired) electrons. The van der Waals surface area contributed by atoms with Gasteiger partial charge in [-0.1, -0.05) is 38.5 Å². The van der Waals surface area contributed by atoms with E-state index in [-0.39, 0.29) is 11.9 Å². The molecule has 4 heteroatoms. The number of carboxylic acids is 1. The lowest BCUT2D eigenvalue weighted by molar-refractivity contribution is -0.143. The Labute approximate surface area is 115 Å². The molecule has 4 nitrogen and oxygen atoms in total. The summed E-state index contributed by atoms with van der Waals surface area (Å²) < 4.78 is 0. The molecule has 2 aliphatic carbocycles. The van der Waals surface area contributed by atoms with Crippen molar-refractivity contribution in [3.63, 3.8) is 0 Å². The zero-order chi connectivity index (χ0) is 13.7. The van der Waals surface area contributed by atoms with Gasteiger partial charge in [0, 0.05) is 12.5 Å². The summed E-state index contributed by atoms with van der Waals surface area (Å²) in [6.45, 7) is 0. The smallest absolute Gasteiger partial charge is 0.308 e. The maximum Gasteiger partial charge on any atom is 0.308 e. The second-order valence-electron chi connectivity index (χ2n) is 6.09. The number of hydrogen-bond acceptors (Lipinski definition) is 2. The Kier molecular flexibility index (Phi) is 5.23. The summed E-state index contributed by atoms with van der Waals surface area (Å²) in [7, 11) is 0. The topological polar surface area (TPSA) is 66.4 Å². The zero-order valence-corrected chi connectivity index (χ0v) is 11.6. The molecule has 2 atom stereocenters. The number of hydrogen-bond donors (Lipinski definition) is 2. The highest BCUT2D eigenvalue weighted by Crippen LogP contribution is 2.30. The van der Waals surface area contributed by atoms with Crippen LogP contribution < -0.4 is 5.32 Å². The van der Waals surface area contributed by atoms with Crippen molar-refractivity contribution < 1.29 is 14.7 Å². The van der Waals surface area contributed by atoms with Crippen LogP contribution in [-0.2, 0) is 9.59 Å². The highest BCUT2D eigenvalue weighted by atomic mass is 16.4. The van der Waals surface area contributed by atoms with Crippen LogP contribution in [0.2, 0.25) is 0 Å². The first-order chi connectivity index (χ1) is 9.16. The molecule has 0 aromatic carbocycles. The van der Waals surface area contributed by atoms with Gasteiger partial charge in [-0.2, -0.15) is 0 Å². The molecule has 1 amide bonds. The fourth-order valence-corrected chi connectivity index (χ4v) is 3.17. The molecule has 0 saturated heterocycles. The first-order valence-electron chi connectivity index (χ1n) is 7.69. The third kappa shape index (κ3) is 4.22. The summed E-state index contributed by atoms with van der Waals surface area (Å²) in [5, 5.41) is 12.2. The fraction of sp³-hybridized carbons (Fsp3) is 0.867. The van der Waals surface area contributed by atoms with Crippen molar-refractivity contribution in [1.82, 2.24) is 5.32 Å². The molecule has 2 saturated carbocycles. The number of carboxylic acid groups (broad SMARTS) is 1. The molecular weight excluding hydrogens is 242 g/mol. The number of rotatable bonds is 5. The van der Waals surface area contributed by atoms with E-state index in [0.717, 1.165) is 38.0 Å². The van der Waals surface area contributed by atoms with Gasteiger partial charge in [0.15, 0.2) is 0 Å². The van der Waals surface area contributed by atoms with Crippen LogP contribution in [0.25, 0.3) is 0 Å². The van der Waals surface area contributed by atoms with Gasteiger partial charge in [-0.3, -0.25) is 9.59 Å². The molecule has 0 bridgehead atoms. The summed E-state index contributed by atoms with van der Waals surface area (Å²) in [6, 6.07) is -0.158. The maximum atomic E-state index is 11.9. The van der Waals surface area contributed by atoms with Crippen molar-refractivity contribution in [2.45, 2.75) is 70.3 Å². The van der Waals surface area contributed by atoms with Crippen molar-refractivity contribution in [3.05, 3.63) is 0 Å². The van der Waals surface area contributed by atoms with E-state index in [1.807, 2.05) is 0 Å². The number of nitrogens with one attached hydrogen (secondary N) is 1. The molecule has 0 heterocycles. The molecular formula is C15H25NO3. The molecule has 0 spiro atoms. The lowest BCUT2D eigenvalue weighted by Crippen LogP contribution is -2.42. The Hall–Kier alpha value is -1.06. The molecule has 19 heavy (non-hydrogen) atoms. The number of aliphatic carboxylic acids is 1. The van der Waals surface area contributed by atoms with E-state index >= 15 is 0 Å². The summed E-state index contributed by atoms with van der Waals surface area (Å²) in [5.74, 6) is -0.374. The van der Waals surface area contributed by atoms with E-state index in [1.54, 1.807) is 0 Å². The van der Waals surface area contributed by atoms with Crippen LogP contribution in [0, 0.1) is 11.8 Å². The molecule has 108 valence electrons.